The average molecular weight is 288 g/mol. The molecule has 1 heterocycles. The van der Waals surface area contributed by atoms with Crippen molar-refractivity contribution in [3.05, 3.63) is 65.2 Å². The molecular weight excluding hydrogens is 275 g/mol. The highest BCUT2D eigenvalue weighted by Crippen LogP contribution is 2.11. The molecule has 0 unspecified atom stereocenters. The lowest BCUT2D eigenvalue weighted by Crippen LogP contribution is -2.18. The molecule has 108 valence electrons. The lowest BCUT2D eigenvalue weighted by molar-refractivity contribution is -0.126. The van der Waals surface area contributed by atoms with Gasteiger partial charge in [-0.1, -0.05) is 30.3 Å². The third-order valence-electron chi connectivity index (χ3n) is 2.82. The minimum atomic E-state index is -1.25. The summed E-state index contributed by atoms with van der Waals surface area (Å²) in [7, 11) is 0. The second-order valence-electron chi connectivity index (χ2n) is 4.35. The summed E-state index contributed by atoms with van der Waals surface area (Å²) in [5.41, 5.74) is 2.64. The van der Waals surface area contributed by atoms with E-state index in [1.807, 2.05) is 30.3 Å². The lowest BCUT2D eigenvalue weighted by Gasteiger charge is -1.99. The first-order valence-corrected chi connectivity index (χ1v) is 6.18. The number of rotatable bonds is 5. The normalized spacial score (nSPS) is 11.2. The van der Waals surface area contributed by atoms with Crippen LogP contribution in [0.4, 0.5) is 4.39 Å². The number of H-pyrrole nitrogens is 1. The van der Waals surface area contributed by atoms with Gasteiger partial charge in [-0.2, -0.15) is 0 Å². The lowest BCUT2D eigenvalue weighted by atomic mass is 10.1. The number of hydroxylamine groups is 1. The van der Waals surface area contributed by atoms with Crippen molar-refractivity contribution in [2.45, 2.75) is 6.42 Å². The van der Waals surface area contributed by atoms with E-state index in [9.17, 15) is 14.0 Å². The molecule has 0 spiro atoms. The molecule has 0 aliphatic rings. The molecule has 1 aromatic heterocycles. The summed E-state index contributed by atoms with van der Waals surface area (Å²) in [6.45, 7) is 0. The van der Waals surface area contributed by atoms with Gasteiger partial charge < -0.3 is 4.98 Å². The van der Waals surface area contributed by atoms with E-state index in [4.69, 9.17) is 5.21 Å². The fourth-order valence-corrected chi connectivity index (χ4v) is 1.79. The number of hydrogen-bond donors (Lipinski definition) is 3. The number of carbonyl (C=O) groups is 2. The number of hydrogen-bond acceptors (Lipinski definition) is 3. The van der Waals surface area contributed by atoms with Crippen LogP contribution in [0.3, 0.4) is 0 Å². The highest BCUT2D eigenvalue weighted by atomic mass is 19.1. The largest absolute Gasteiger partial charge is 0.353 e. The zero-order valence-electron chi connectivity index (χ0n) is 11.0. The van der Waals surface area contributed by atoms with Gasteiger partial charge in [0.05, 0.1) is 5.69 Å². The summed E-state index contributed by atoms with van der Waals surface area (Å²) in [6, 6.07) is 12.2. The molecule has 0 saturated carbocycles. The van der Waals surface area contributed by atoms with E-state index in [1.165, 1.54) is 17.6 Å². The highest BCUT2D eigenvalue weighted by Gasteiger charge is 2.11. The quantitative estimate of drug-likeness (QED) is 0.341. The summed E-state index contributed by atoms with van der Waals surface area (Å²) >= 11 is 0. The van der Waals surface area contributed by atoms with Gasteiger partial charge >= 0.3 is 5.91 Å². The number of aromatic amines is 1. The van der Waals surface area contributed by atoms with E-state index >= 15 is 0 Å². The van der Waals surface area contributed by atoms with Crippen LogP contribution >= 0.6 is 0 Å². The van der Waals surface area contributed by atoms with Gasteiger partial charge in [0.2, 0.25) is 0 Å². The number of carbonyl (C=O) groups excluding carboxylic acids is 2. The molecule has 2 aromatic rings. The number of ketones is 1. The summed E-state index contributed by atoms with van der Waals surface area (Å²) in [5, 5.41) is 8.30. The average Bonchev–Trinajstić information content (AvgIpc) is 2.96. The fraction of sp³-hybridized carbons (Fsp3) is 0.0667. The minimum Gasteiger partial charge on any atom is -0.353 e. The predicted molar refractivity (Wildman–Crippen MR) is 74.3 cm³/mol. The molecule has 0 saturated heterocycles. The van der Waals surface area contributed by atoms with Crippen LogP contribution in [0.15, 0.2) is 48.3 Å². The van der Waals surface area contributed by atoms with Crippen molar-refractivity contribution in [2.24, 2.45) is 0 Å². The van der Waals surface area contributed by atoms with Gasteiger partial charge in [-0.15, -0.1) is 0 Å². The fourth-order valence-electron chi connectivity index (χ4n) is 1.79. The molecule has 0 radical (unpaired) electrons. The van der Waals surface area contributed by atoms with E-state index in [1.54, 1.807) is 0 Å². The highest BCUT2D eigenvalue weighted by molar-refractivity contribution is 5.97. The second-order valence-corrected chi connectivity index (χ2v) is 4.35. The minimum absolute atomic E-state index is 0.145. The first-order valence-electron chi connectivity index (χ1n) is 6.18. The molecule has 1 amide bonds. The zero-order chi connectivity index (χ0) is 15.2. The Balaban J connectivity index is 2.09. The number of nitrogens with one attached hydrogen (secondary N) is 2. The van der Waals surface area contributed by atoms with Gasteiger partial charge in [0.25, 0.3) is 0 Å². The first kappa shape index (κ1) is 14.7. The van der Waals surface area contributed by atoms with Crippen molar-refractivity contribution in [1.29, 1.82) is 0 Å². The van der Waals surface area contributed by atoms with Gasteiger partial charge in [-0.25, -0.2) is 9.87 Å². The Morgan fingerprint density at radius 3 is 2.57 bits per heavy atom. The van der Waals surface area contributed by atoms with Gasteiger partial charge in [-0.3, -0.25) is 14.8 Å². The van der Waals surface area contributed by atoms with E-state index in [-0.39, 0.29) is 17.9 Å². The monoisotopic (exact) mass is 288 g/mol. The molecule has 21 heavy (non-hydrogen) atoms. The maximum Gasteiger partial charge on any atom is 0.303 e. The Hall–Kier alpha value is -2.73. The smallest absolute Gasteiger partial charge is 0.303 e. The van der Waals surface area contributed by atoms with E-state index < -0.39 is 11.7 Å². The van der Waals surface area contributed by atoms with Crippen molar-refractivity contribution in [3.8, 4) is 0 Å². The van der Waals surface area contributed by atoms with Gasteiger partial charge in [-0.05, 0) is 17.7 Å². The zero-order valence-corrected chi connectivity index (χ0v) is 11.0. The molecule has 0 atom stereocenters. The second kappa shape index (κ2) is 6.62. The van der Waals surface area contributed by atoms with E-state index in [0.29, 0.717) is 5.69 Å². The summed E-state index contributed by atoms with van der Waals surface area (Å²) in [4.78, 5) is 25.6. The number of halogens is 1. The number of aromatic nitrogens is 1. The molecule has 0 bridgehead atoms. The van der Waals surface area contributed by atoms with Crippen LogP contribution in [-0.2, 0) is 11.2 Å². The van der Waals surface area contributed by atoms with Crippen molar-refractivity contribution >= 4 is 17.8 Å². The van der Waals surface area contributed by atoms with Crippen molar-refractivity contribution < 1.29 is 19.2 Å². The number of benzene rings is 1. The van der Waals surface area contributed by atoms with Crippen LogP contribution in [0.25, 0.3) is 6.08 Å². The van der Waals surface area contributed by atoms with Crippen molar-refractivity contribution in [3.63, 3.8) is 0 Å². The third kappa shape index (κ3) is 3.87. The van der Waals surface area contributed by atoms with Crippen LogP contribution in [0.1, 0.15) is 21.7 Å². The van der Waals surface area contributed by atoms with Crippen LogP contribution in [0.2, 0.25) is 0 Å². The molecule has 0 aliphatic carbocycles. The van der Waals surface area contributed by atoms with Crippen LogP contribution in [-0.4, -0.2) is 21.9 Å². The standard InChI is InChI=1S/C15H13FN2O3/c16-12(15(20)18-21)9-11-6-7-13(17-11)14(19)8-10-4-2-1-3-5-10/h1-7,9,17,21H,8H2,(H,18,20). The Labute approximate surface area is 120 Å². The first-order chi connectivity index (χ1) is 10.1. The SMILES string of the molecule is O=C(NO)C(F)=Cc1ccc(C(=O)Cc2ccccc2)[nH]1. The van der Waals surface area contributed by atoms with Gasteiger partial charge in [0.1, 0.15) is 0 Å². The van der Waals surface area contributed by atoms with E-state index in [2.05, 4.69) is 4.98 Å². The summed E-state index contributed by atoms with van der Waals surface area (Å²) in [5.74, 6) is -2.56. The molecule has 6 heteroatoms. The van der Waals surface area contributed by atoms with E-state index in [0.717, 1.165) is 11.6 Å². The molecule has 0 aliphatic heterocycles. The number of amides is 1. The molecule has 5 nitrogen and oxygen atoms in total. The molecule has 3 N–H and O–H groups in total. The predicted octanol–water partition coefficient (Wildman–Crippen LogP) is 2.26. The topological polar surface area (TPSA) is 82.2 Å². The van der Waals surface area contributed by atoms with Gasteiger partial charge in [0, 0.05) is 18.2 Å². The molecule has 2 rings (SSSR count). The molecule has 0 fully saturated rings. The summed E-state index contributed by atoms with van der Waals surface area (Å²) in [6.07, 6.45) is 1.12. The van der Waals surface area contributed by atoms with Crippen LogP contribution in [0.5, 0.6) is 0 Å². The third-order valence-corrected chi connectivity index (χ3v) is 2.82. The van der Waals surface area contributed by atoms with Crippen LogP contribution < -0.4 is 5.48 Å². The maximum absolute atomic E-state index is 13.2. The summed E-state index contributed by atoms with van der Waals surface area (Å²) < 4.78 is 13.2. The van der Waals surface area contributed by atoms with Gasteiger partial charge in [0.15, 0.2) is 11.6 Å². The Bertz CT molecular complexity index is 677. The van der Waals surface area contributed by atoms with Crippen molar-refractivity contribution in [2.75, 3.05) is 0 Å². The molecular formula is C15H13FN2O3. The maximum atomic E-state index is 13.2. The molecule has 1 aromatic carbocycles. The Kier molecular flexibility index (Phi) is 4.63. The number of Topliss-reactive ketones (excluding diaryl/α,β-unsaturated/α-hetero) is 1. The Morgan fingerprint density at radius 1 is 1.19 bits per heavy atom. The van der Waals surface area contributed by atoms with Crippen LogP contribution in [0, 0.1) is 0 Å². The Morgan fingerprint density at radius 2 is 1.90 bits per heavy atom. The van der Waals surface area contributed by atoms with Crippen molar-refractivity contribution in [1.82, 2.24) is 10.5 Å².